The van der Waals surface area contributed by atoms with Crippen molar-refractivity contribution in [2.75, 3.05) is 13.2 Å². The molecular weight excluding hydrogens is 244 g/mol. The van der Waals surface area contributed by atoms with Gasteiger partial charge in [-0.1, -0.05) is 13.8 Å². The molecule has 3 aliphatic rings. The van der Waals surface area contributed by atoms with Gasteiger partial charge in [0.25, 0.3) is 0 Å². The molecule has 0 spiro atoms. The van der Waals surface area contributed by atoms with Gasteiger partial charge in [-0.2, -0.15) is 0 Å². The number of fused-ring (bicyclic) bond motifs is 2. The molecule has 1 aliphatic heterocycles. The summed E-state index contributed by atoms with van der Waals surface area (Å²) in [5, 5.41) is 30.3. The molecule has 4 heteroatoms. The molecule has 19 heavy (non-hydrogen) atoms. The lowest BCUT2D eigenvalue weighted by Gasteiger charge is -2.55. The topological polar surface area (TPSA) is 69.9 Å². The fourth-order valence-electron chi connectivity index (χ4n) is 4.48. The highest BCUT2D eigenvalue weighted by Crippen LogP contribution is 2.56. The van der Waals surface area contributed by atoms with Crippen molar-refractivity contribution < 1.29 is 20.1 Å². The van der Waals surface area contributed by atoms with Crippen molar-refractivity contribution in [2.24, 2.45) is 17.3 Å². The molecule has 3 N–H and O–H groups in total. The molecule has 108 valence electrons. The van der Waals surface area contributed by atoms with Crippen molar-refractivity contribution in [3.05, 3.63) is 11.1 Å². The number of hydrogen-bond acceptors (Lipinski definition) is 4. The fourth-order valence-corrected chi connectivity index (χ4v) is 4.48. The third kappa shape index (κ3) is 1.81. The largest absolute Gasteiger partial charge is 0.393 e. The molecule has 0 bridgehead atoms. The molecule has 0 aromatic carbocycles. The summed E-state index contributed by atoms with van der Waals surface area (Å²) in [6.45, 7) is 4.66. The van der Waals surface area contributed by atoms with Crippen LogP contribution in [0.2, 0.25) is 0 Å². The monoisotopic (exact) mass is 268 g/mol. The minimum Gasteiger partial charge on any atom is -0.393 e. The van der Waals surface area contributed by atoms with E-state index in [1.54, 1.807) is 0 Å². The van der Waals surface area contributed by atoms with Gasteiger partial charge < -0.3 is 20.1 Å². The van der Waals surface area contributed by atoms with Gasteiger partial charge in [-0.15, -0.1) is 0 Å². The first-order valence-corrected chi connectivity index (χ1v) is 7.28. The summed E-state index contributed by atoms with van der Waals surface area (Å²) in [6.07, 6.45) is 1.48. The van der Waals surface area contributed by atoms with Crippen LogP contribution in [0.25, 0.3) is 0 Å². The summed E-state index contributed by atoms with van der Waals surface area (Å²) in [6, 6.07) is 0. The van der Waals surface area contributed by atoms with Gasteiger partial charge in [0.15, 0.2) is 0 Å². The Bertz CT molecular complexity index is 405. The van der Waals surface area contributed by atoms with E-state index in [-0.39, 0.29) is 36.1 Å². The van der Waals surface area contributed by atoms with Gasteiger partial charge in [0.05, 0.1) is 31.5 Å². The van der Waals surface area contributed by atoms with E-state index >= 15 is 0 Å². The van der Waals surface area contributed by atoms with Gasteiger partial charge in [0.2, 0.25) is 0 Å². The molecule has 3 rings (SSSR count). The average Bonchev–Trinajstić information content (AvgIpc) is 2.76. The van der Waals surface area contributed by atoms with Crippen LogP contribution in [0, 0.1) is 17.3 Å². The third-order valence-corrected chi connectivity index (χ3v) is 5.91. The zero-order valence-electron chi connectivity index (χ0n) is 11.7. The van der Waals surface area contributed by atoms with E-state index in [1.165, 1.54) is 0 Å². The number of hydrogen-bond donors (Lipinski definition) is 3. The van der Waals surface area contributed by atoms with Gasteiger partial charge in [0.1, 0.15) is 0 Å². The summed E-state index contributed by atoms with van der Waals surface area (Å²) in [4.78, 5) is 0. The summed E-state index contributed by atoms with van der Waals surface area (Å²) < 4.78 is 5.72. The van der Waals surface area contributed by atoms with Crippen molar-refractivity contribution >= 4 is 0 Å². The van der Waals surface area contributed by atoms with Gasteiger partial charge in [-0.3, -0.25) is 0 Å². The van der Waals surface area contributed by atoms with E-state index in [2.05, 4.69) is 13.8 Å². The second-order valence-electron chi connectivity index (χ2n) is 6.74. The Morgan fingerprint density at radius 3 is 2.68 bits per heavy atom. The molecule has 1 heterocycles. The van der Waals surface area contributed by atoms with Crippen LogP contribution in [0.3, 0.4) is 0 Å². The molecule has 0 aromatic heterocycles. The van der Waals surface area contributed by atoms with Crippen molar-refractivity contribution in [3.8, 4) is 0 Å². The van der Waals surface area contributed by atoms with Crippen LogP contribution in [0.5, 0.6) is 0 Å². The highest BCUT2D eigenvalue weighted by molar-refractivity contribution is 5.33. The molecule has 2 saturated carbocycles. The molecule has 4 nitrogen and oxygen atoms in total. The number of aliphatic hydroxyl groups is 3. The predicted octanol–water partition coefficient (Wildman–Crippen LogP) is 0.852. The minimum atomic E-state index is -0.552. The normalized spacial score (nSPS) is 50.1. The Hall–Kier alpha value is -0.420. The van der Waals surface area contributed by atoms with Crippen molar-refractivity contribution in [1.82, 2.24) is 0 Å². The fraction of sp³-hybridized carbons (Fsp3) is 0.867. The van der Waals surface area contributed by atoms with Gasteiger partial charge >= 0.3 is 0 Å². The maximum atomic E-state index is 10.9. The third-order valence-electron chi connectivity index (χ3n) is 5.91. The van der Waals surface area contributed by atoms with Gasteiger partial charge in [-0.05, 0) is 42.2 Å². The van der Waals surface area contributed by atoms with Crippen LogP contribution in [-0.4, -0.2) is 46.8 Å². The standard InChI is InChI=1S/C15H24O4/c1-8-3-11(17)4-10-5-12-13(9(6-16)7-19-12)14(18)15(8,10)2/h8,10-12,14,16-18H,3-7H2,1-2H3. The van der Waals surface area contributed by atoms with Crippen molar-refractivity contribution in [1.29, 1.82) is 0 Å². The van der Waals surface area contributed by atoms with Crippen molar-refractivity contribution in [3.63, 3.8) is 0 Å². The van der Waals surface area contributed by atoms with Crippen LogP contribution in [0.1, 0.15) is 33.1 Å². The van der Waals surface area contributed by atoms with E-state index in [1.807, 2.05) is 0 Å². The summed E-state index contributed by atoms with van der Waals surface area (Å²) in [7, 11) is 0. The van der Waals surface area contributed by atoms with Gasteiger partial charge in [0, 0.05) is 5.41 Å². The lowest BCUT2D eigenvalue weighted by atomic mass is 9.52. The van der Waals surface area contributed by atoms with E-state index in [4.69, 9.17) is 4.74 Å². The summed E-state index contributed by atoms with van der Waals surface area (Å²) in [5.74, 6) is 0.554. The highest BCUT2D eigenvalue weighted by atomic mass is 16.5. The maximum absolute atomic E-state index is 10.9. The van der Waals surface area contributed by atoms with Crippen LogP contribution < -0.4 is 0 Å². The minimum absolute atomic E-state index is 0.0271. The second-order valence-corrected chi connectivity index (χ2v) is 6.74. The first-order chi connectivity index (χ1) is 8.98. The zero-order chi connectivity index (χ0) is 13.8. The van der Waals surface area contributed by atoms with E-state index in [0.29, 0.717) is 6.61 Å². The average molecular weight is 268 g/mol. The Morgan fingerprint density at radius 1 is 1.26 bits per heavy atom. The smallest absolute Gasteiger partial charge is 0.0838 e. The van der Waals surface area contributed by atoms with Crippen LogP contribution in [0.15, 0.2) is 11.1 Å². The first kappa shape index (κ1) is 13.6. The molecule has 6 unspecified atom stereocenters. The van der Waals surface area contributed by atoms with E-state index in [0.717, 1.165) is 30.4 Å². The SMILES string of the molecule is CC1CC(O)CC2CC3OCC(CO)=C3C(O)C12C. The summed E-state index contributed by atoms with van der Waals surface area (Å²) >= 11 is 0. The predicted molar refractivity (Wildman–Crippen MR) is 70.5 cm³/mol. The van der Waals surface area contributed by atoms with E-state index in [9.17, 15) is 15.3 Å². The first-order valence-electron chi connectivity index (χ1n) is 7.28. The van der Waals surface area contributed by atoms with Crippen LogP contribution >= 0.6 is 0 Å². The summed E-state index contributed by atoms with van der Waals surface area (Å²) in [5.41, 5.74) is 1.57. The molecule has 0 amide bonds. The quantitative estimate of drug-likeness (QED) is 0.617. The number of rotatable bonds is 1. The van der Waals surface area contributed by atoms with Gasteiger partial charge in [-0.25, -0.2) is 0 Å². The molecule has 2 aliphatic carbocycles. The molecule has 0 saturated heterocycles. The number of aliphatic hydroxyl groups excluding tert-OH is 3. The van der Waals surface area contributed by atoms with Crippen LogP contribution in [-0.2, 0) is 4.74 Å². The molecule has 0 aromatic rings. The zero-order valence-corrected chi connectivity index (χ0v) is 11.7. The number of ether oxygens (including phenoxy) is 1. The second kappa shape index (κ2) is 4.55. The Balaban J connectivity index is 1.99. The molecule has 2 fully saturated rings. The molecule has 0 radical (unpaired) electrons. The maximum Gasteiger partial charge on any atom is 0.0838 e. The Kier molecular flexibility index (Phi) is 3.25. The van der Waals surface area contributed by atoms with Crippen LogP contribution in [0.4, 0.5) is 0 Å². The Morgan fingerprint density at radius 2 is 2.00 bits per heavy atom. The van der Waals surface area contributed by atoms with E-state index < -0.39 is 6.10 Å². The lowest BCUT2D eigenvalue weighted by Crippen LogP contribution is -2.55. The highest BCUT2D eigenvalue weighted by Gasteiger charge is 2.56. The molecule has 6 atom stereocenters. The lowest BCUT2D eigenvalue weighted by molar-refractivity contribution is -0.123. The van der Waals surface area contributed by atoms with Crippen molar-refractivity contribution in [2.45, 2.75) is 51.4 Å². The Labute approximate surface area is 114 Å². The molecular formula is C15H24O4.